The van der Waals surface area contributed by atoms with E-state index in [4.69, 9.17) is 4.74 Å². The van der Waals surface area contributed by atoms with Crippen molar-refractivity contribution in [3.05, 3.63) is 34.3 Å². The molecule has 0 saturated carbocycles. The largest absolute Gasteiger partial charge is 0.385 e. The van der Waals surface area contributed by atoms with Crippen LogP contribution in [0, 0.1) is 5.92 Å². The third-order valence-corrected chi connectivity index (χ3v) is 3.97. The molecule has 1 N–H and O–H groups in total. The molecule has 0 aromatic heterocycles. The molecule has 0 radical (unpaired) electrons. The van der Waals surface area contributed by atoms with Crippen LogP contribution in [0.15, 0.2) is 28.7 Å². The second-order valence-electron chi connectivity index (χ2n) is 4.54. The number of rotatable bonds is 2. The van der Waals surface area contributed by atoms with E-state index in [1.807, 2.05) is 31.2 Å². The van der Waals surface area contributed by atoms with Crippen LogP contribution in [0.2, 0.25) is 0 Å². The van der Waals surface area contributed by atoms with Gasteiger partial charge < -0.3 is 9.84 Å². The zero-order valence-electron chi connectivity index (χ0n) is 9.45. The molecule has 1 atom stereocenters. The van der Waals surface area contributed by atoms with Gasteiger partial charge in [-0.15, -0.1) is 0 Å². The van der Waals surface area contributed by atoms with Gasteiger partial charge in [-0.3, -0.25) is 0 Å². The average Bonchev–Trinajstić information content (AvgIpc) is 2.31. The molecule has 88 valence electrons. The zero-order valence-corrected chi connectivity index (χ0v) is 11.0. The number of hydrogen-bond donors (Lipinski definition) is 1. The molecule has 1 aromatic rings. The summed E-state index contributed by atoms with van der Waals surface area (Å²) in [6.45, 7) is 3.43. The van der Waals surface area contributed by atoms with Crippen LogP contribution in [-0.2, 0) is 10.3 Å². The van der Waals surface area contributed by atoms with E-state index in [9.17, 15) is 5.11 Å². The highest BCUT2D eigenvalue weighted by atomic mass is 79.9. The lowest BCUT2D eigenvalue weighted by atomic mass is 9.78. The maximum absolute atomic E-state index is 10.6. The summed E-state index contributed by atoms with van der Waals surface area (Å²) in [5.41, 5.74) is 0.243. The van der Waals surface area contributed by atoms with E-state index >= 15 is 0 Å². The van der Waals surface area contributed by atoms with Gasteiger partial charge in [0.15, 0.2) is 0 Å². The summed E-state index contributed by atoms with van der Waals surface area (Å²) in [7, 11) is 0. The lowest BCUT2D eigenvalue weighted by Gasteiger charge is -2.36. The van der Waals surface area contributed by atoms with Crippen LogP contribution in [0.5, 0.6) is 0 Å². The van der Waals surface area contributed by atoms with E-state index in [1.54, 1.807) is 0 Å². The van der Waals surface area contributed by atoms with Crippen LogP contribution >= 0.6 is 15.9 Å². The highest BCUT2D eigenvalue weighted by Crippen LogP contribution is 2.35. The van der Waals surface area contributed by atoms with Crippen molar-refractivity contribution in [2.45, 2.75) is 25.4 Å². The van der Waals surface area contributed by atoms with Gasteiger partial charge in [-0.05, 0) is 43.4 Å². The Morgan fingerprint density at radius 1 is 1.25 bits per heavy atom. The van der Waals surface area contributed by atoms with Gasteiger partial charge in [-0.25, -0.2) is 0 Å². The van der Waals surface area contributed by atoms with Crippen molar-refractivity contribution < 1.29 is 9.84 Å². The van der Waals surface area contributed by atoms with Crippen molar-refractivity contribution in [3.8, 4) is 0 Å². The van der Waals surface area contributed by atoms with Gasteiger partial charge in [-0.1, -0.05) is 28.1 Å². The first-order valence-electron chi connectivity index (χ1n) is 5.67. The molecule has 1 heterocycles. The van der Waals surface area contributed by atoms with Crippen LogP contribution in [0.3, 0.4) is 0 Å². The highest BCUT2D eigenvalue weighted by Gasteiger charge is 2.34. The number of halogens is 1. The number of benzene rings is 1. The smallest absolute Gasteiger partial charge is 0.0898 e. The van der Waals surface area contributed by atoms with Crippen molar-refractivity contribution in [2.24, 2.45) is 5.92 Å². The molecule has 0 bridgehead atoms. The molecule has 1 aliphatic rings. The minimum absolute atomic E-state index is 0.294. The first kappa shape index (κ1) is 12.1. The second kappa shape index (κ2) is 4.86. The zero-order chi connectivity index (χ0) is 11.6. The number of aliphatic hydroxyl groups is 1. The Morgan fingerprint density at radius 3 is 2.38 bits per heavy atom. The Hall–Kier alpha value is -0.380. The molecule has 3 heteroatoms. The molecule has 16 heavy (non-hydrogen) atoms. The Morgan fingerprint density at radius 2 is 1.81 bits per heavy atom. The molecule has 0 amide bonds. The SMILES string of the molecule is CC(O)(c1ccc(Br)cc1)C1CCOCC1. The summed E-state index contributed by atoms with van der Waals surface area (Å²) in [5, 5.41) is 10.6. The van der Waals surface area contributed by atoms with E-state index in [-0.39, 0.29) is 0 Å². The third-order valence-electron chi connectivity index (χ3n) is 3.44. The quantitative estimate of drug-likeness (QED) is 0.904. The maximum atomic E-state index is 10.6. The van der Waals surface area contributed by atoms with Crippen molar-refractivity contribution in [2.75, 3.05) is 13.2 Å². The third kappa shape index (κ3) is 2.47. The summed E-state index contributed by atoms with van der Waals surface area (Å²) in [6.07, 6.45) is 1.87. The second-order valence-corrected chi connectivity index (χ2v) is 5.46. The molecule has 0 aliphatic carbocycles. The normalized spacial score (nSPS) is 21.7. The molecule has 1 saturated heterocycles. The van der Waals surface area contributed by atoms with Crippen molar-refractivity contribution in [3.63, 3.8) is 0 Å². The maximum Gasteiger partial charge on any atom is 0.0898 e. The summed E-state index contributed by atoms with van der Waals surface area (Å²) in [6, 6.07) is 7.92. The van der Waals surface area contributed by atoms with E-state index in [1.165, 1.54) is 0 Å². The highest BCUT2D eigenvalue weighted by molar-refractivity contribution is 9.10. The van der Waals surface area contributed by atoms with Gasteiger partial charge in [0.1, 0.15) is 0 Å². The summed E-state index contributed by atoms with van der Waals surface area (Å²) in [5.74, 6) is 0.294. The minimum atomic E-state index is -0.746. The fourth-order valence-corrected chi connectivity index (χ4v) is 2.55. The van der Waals surface area contributed by atoms with Crippen LogP contribution < -0.4 is 0 Å². The Labute approximate surface area is 105 Å². The molecule has 0 spiro atoms. The van der Waals surface area contributed by atoms with Crippen molar-refractivity contribution in [1.82, 2.24) is 0 Å². The number of hydrogen-bond acceptors (Lipinski definition) is 2. The first-order valence-corrected chi connectivity index (χ1v) is 6.46. The van der Waals surface area contributed by atoms with Crippen LogP contribution in [-0.4, -0.2) is 18.3 Å². The molecule has 1 unspecified atom stereocenters. The molecule has 1 aromatic carbocycles. The molecular weight excluding hydrogens is 268 g/mol. The van der Waals surface area contributed by atoms with Gasteiger partial charge in [-0.2, -0.15) is 0 Å². The molecule has 1 fully saturated rings. The van der Waals surface area contributed by atoms with E-state index in [0.717, 1.165) is 36.1 Å². The summed E-state index contributed by atoms with van der Waals surface area (Å²) >= 11 is 3.41. The number of ether oxygens (including phenoxy) is 1. The van der Waals surface area contributed by atoms with Gasteiger partial charge in [0.05, 0.1) is 5.60 Å². The molecular formula is C13H17BrO2. The molecule has 2 rings (SSSR count). The molecule has 2 nitrogen and oxygen atoms in total. The Balaban J connectivity index is 2.19. The summed E-state index contributed by atoms with van der Waals surface area (Å²) in [4.78, 5) is 0. The Kier molecular flexibility index (Phi) is 3.67. The minimum Gasteiger partial charge on any atom is -0.385 e. The first-order chi connectivity index (χ1) is 7.60. The van der Waals surface area contributed by atoms with Crippen molar-refractivity contribution in [1.29, 1.82) is 0 Å². The van der Waals surface area contributed by atoms with E-state index in [2.05, 4.69) is 15.9 Å². The van der Waals surface area contributed by atoms with Crippen LogP contribution in [0.4, 0.5) is 0 Å². The van der Waals surface area contributed by atoms with Crippen LogP contribution in [0.1, 0.15) is 25.3 Å². The van der Waals surface area contributed by atoms with Crippen molar-refractivity contribution >= 4 is 15.9 Å². The van der Waals surface area contributed by atoms with Gasteiger partial charge >= 0.3 is 0 Å². The lowest BCUT2D eigenvalue weighted by molar-refractivity contribution is -0.0579. The lowest BCUT2D eigenvalue weighted by Crippen LogP contribution is -2.35. The average molecular weight is 285 g/mol. The van der Waals surface area contributed by atoms with Gasteiger partial charge in [0.25, 0.3) is 0 Å². The Bertz CT molecular complexity index is 339. The topological polar surface area (TPSA) is 29.5 Å². The monoisotopic (exact) mass is 284 g/mol. The van der Waals surface area contributed by atoms with E-state index < -0.39 is 5.60 Å². The fraction of sp³-hybridized carbons (Fsp3) is 0.538. The van der Waals surface area contributed by atoms with Gasteiger partial charge in [0, 0.05) is 17.7 Å². The van der Waals surface area contributed by atoms with Crippen LogP contribution in [0.25, 0.3) is 0 Å². The predicted molar refractivity (Wildman–Crippen MR) is 67.3 cm³/mol. The fourth-order valence-electron chi connectivity index (χ4n) is 2.28. The standard InChI is InChI=1S/C13H17BrO2/c1-13(15,11-6-8-16-9-7-11)10-2-4-12(14)5-3-10/h2-5,11,15H,6-9H2,1H3. The molecule has 1 aliphatic heterocycles. The van der Waals surface area contributed by atoms with Gasteiger partial charge in [0.2, 0.25) is 0 Å². The predicted octanol–water partition coefficient (Wildman–Crippen LogP) is 3.08. The van der Waals surface area contributed by atoms with E-state index in [0.29, 0.717) is 5.92 Å². The summed E-state index contributed by atoms with van der Waals surface area (Å²) < 4.78 is 6.37.